The summed E-state index contributed by atoms with van der Waals surface area (Å²) in [7, 11) is -1.99. The first-order chi connectivity index (χ1) is 12.5. The average Bonchev–Trinajstić information content (AvgIpc) is 2.68. The van der Waals surface area contributed by atoms with E-state index in [0.29, 0.717) is 24.8 Å². The van der Waals surface area contributed by atoms with Crippen LogP contribution in [0.2, 0.25) is 5.02 Å². The number of halogens is 1. The van der Waals surface area contributed by atoms with Crippen LogP contribution in [0.15, 0.2) is 53.4 Å². The number of rotatable bonds is 6. The van der Waals surface area contributed by atoms with Gasteiger partial charge in [0, 0.05) is 30.2 Å². The second-order valence-electron chi connectivity index (χ2n) is 6.40. The Hall–Kier alpha value is -1.60. The van der Waals surface area contributed by atoms with E-state index in [1.54, 1.807) is 19.2 Å². The fourth-order valence-corrected chi connectivity index (χ4v) is 4.46. The molecule has 3 rings (SSSR count). The van der Waals surface area contributed by atoms with E-state index in [4.69, 9.17) is 21.1 Å². The molecule has 0 bridgehead atoms. The summed E-state index contributed by atoms with van der Waals surface area (Å²) in [5, 5.41) is 0.503. The minimum Gasteiger partial charge on any atom is -0.497 e. The summed E-state index contributed by atoms with van der Waals surface area (Å²) in [6.07, 6.45) is 1.50. The smallest absolute Gasteiger partial charge is 0.240 e. The van der Waals surface area contributed by atoms with Gasteiger partial charge in [-0.05, 0) is 54.8 Å². The third-order valence-electron chi connectivity index (χ3n) is 4.88. The van der Waals surface area contributed by atoms with Gasteiger partial charge >= 0.3 is 0 Å². The molecule has 2 aromatic rings. The number of sulfonamides is 1. The number of ether oxygens (including phenoxy) is 2. The maximum absolute atomic E-state index is 12.7. The molecule has 1 N–H and O–H groups in total. The van der Waals surface area contributed by atoms with E-state index in [1.807, 2.05) is 24.3 Å². The van der Waals surface area contributed by atoms with E-state index in [-0.39, 0.29) is 10.3 Å². The van der Waals surface area contributed by atoms with Crippen molar-refractivity contribution in [1.29, 1.82) is 0 Å². The minimum absolute atomic E-state index is 0.207. The van der Waals surface area contributed by atoms with E-state index >= 15 is 0 Å². The summed E-state index contributed by atoms with van der Waals surface area (Å²) in [6, 6.07) is 14.0. The molecule has 0 aromatic heterocycles. The fraction of sp³-hybridized carbons (Fsp3) is 0.368. The zero-order valence-corrected chi connectivity index (χ0v) is 16.1. The number of hydrogen-bond acceptors (Lipinski definition) is 4. The molecule has 7 heteroatoms. The molecular weight excluding hydrogens is 374 g/mol. The Morgan fingerprint density at radius 1 is 1.08 bits per heavy atom. The molecule has 0 saturated carbocycles. The van der Waals surface area contributed by atoms with Crippen molar-refractivity contribution in [3.8, 4) is 5.75 Å². The second kappa shape index (κ2) is 7.96. The van der Waals surface area contributed by atoms with Crippen molar-refractivity contribution in [2.45, 2.75) is 23.2 Å². The molecule has 1 aliphatic rings. The molecule has 5 nitrogen and oxygen atoms in total. The normalized spacial score (nSPS) is 17.0. The zero-order valence-electron chi connectivity index (χ0n) is 14.6. The van der Waals surface area contributed by atoms with Gasteiger partial charge in [-0.15, -0.1) is 0 Å². The van der Waals surface area contributed by atoms with Crippen LogP contribution in [0.4, 0.5) is 0 Å². The average molecular weight is 396 g/mol. The Balaban J connectivity index is 1.83. The fourth-order valence-electron chi connectivity index (χ4n) is 3.20. The lowest BCUT2D eigenvalue weighted by molar-refractivity contribution is 0.0517. The monoisotopic (exact) mass is 395 g/mol. The molecule has 0 amide bonds. The predicted molar refractivity (Wildman–Crippen MR) is 101 cm³/mol. The highest BCUT2D eigenvalue weighted by Crippen LogP contribution is 2.35. The lowest BCUT2D eigenvalue weighted by Crippen LogP contribution is -2.44. The molecule has 1 fully saturated rings. The molecule has 0 atom stereocenters. The Morgan fingerprint density at radius 2 is 1.69 bits per heavy atom. The lowest BCUT2D eigenvalue weighted by Gasteiger charge is -2.38. The van der Waals surface area contributed by atoms with Crippen LogP contribution in [0.25, 0.3) is 0 Å². The van der Waals surface area contributed by atoms with E-state index in [9.17, 15) is 8.42 Å². The van der Waals surface area contributed by atoms with Crippen LogP contribution in [0, 0.1) is 0 Å². The Labute approximate surface area is 159 Å². The number of benzene rings is 2. The highest BCUT2D eigenvalue weighted by molar-refractivity contribution is 7.89. The highest BCUT2D eigenvalue weighted by atomic mass is 35.5. The maximum Gasteiger partial charge on any atom is 0.240 e. The number of nitrogens with one attached hydrogen (secondary N) is 1. The van der Waals surface area contributed by atoms with Gasteiger partial charge in [-0.3, -0.25) is 0 Å². The summed E-state index contributed by atoms with van der Waals surface area (Å²) >= 11 is 5.85. The minimum atomic E-state index is -3.61. The topological polar surface area (TPSA) is 64.6 Å². The van der Waals surface area contributed by atoms with E-state index < -0.39 is 10.0 Å². The molecule has 0 unspecified atom stereocenters. The molecule has 140 valence electrons. The quantitative estimate of drug-likeness (QED) is 0.814. The molecule has 0 spiro atoms. The number of methoxy groups -OCH3 is 1. The van der Waals surface area contributed by atoms with Crippen LogP contribution >= 0.6 is 11.6 Å². The molecule has 1 heterocycles. The lowest BCUT2D eigenvalue weighted by atomic mass is 9.74. The van der Waals surface area contributed by atoms with Crippen LogP contribution in [-0.2, 0) is 20.2 Å². The summed E-state index contributed by atoms with van der Waals surface area (Å²) in [5.74, 6) is 0.776. The van der Waals surface area contributed by atoms with Gasteiger partial charge in [0.1, 0.15) is 5.75 Å². The molecule has 26 heavy (non-hydrogen) atoms. The van der Waals surface area contributed by atoms with Crippen molar-refractivity contribution >= 4 is 21.6 Å². The van der Waals surface area contributed by atoms with Gasteiger partial charge in [-0.25, -0.2) is 13.1 Å². The van der Waals surface area contributed by atoms with Gasteiger partial charge < -0.3 is 9.47 Å². The highest BCUT2D eigenvalue weighted by Gasteiger charge is 2.35. The number of hydrogen-bond donors (Lipinski definition) is 1. The van der Waals surface area contributed by atoms with E-state index in [2.05, 4.69) is 4.72 Å². The SMILES string of the molecule is COc1ccc(C2(CNS(=O)(=O)c3ccc(Cl)cc3)CCOCC2)cc1. The third kappa shape index (κ3) is 4.20. The van der Waals surface area contributed by atoms with Crippen LogP contribution in [-0.4, -0.2) is 35.3 Å². The maximum atomic E-state index is 12.7. The van der Waals surface area contributed by atoms with Crippen molar-refractivity contribution in [1.82, 2.24) is 4.72 Å². The molecule has 2 aromatic carbocycles. The third-order valence-corrected chi connectivity index (χ3v) is 6.55. The van der Waals surface area contributed by atoms with Gasteiger partial charge in [0.25, 0.3) is 0 Å². The van der Waals surface area contributed by atoms with E-state index in [0.717, 1.165) is 24.2 Å². The van der Waals surface area contributed by atoms with Crippen molar-refractivity contribution in [3.05, 3.63) is 59.1 Å². The first-order valence-corrected chi connectivity index (χ1v) is 10.3. The first-order valence-electron chi connectivity index (χ1n) is 8.43. The van der Waals surface area contributed by atoms with Gasteiger partial charge in [0.05, 0.1) is 12.0 Å². The largest absolute Gasteiger partial charge is 0.497 e. The first kappa shape index (κ1) is 19.2. The summed E-state index contributed by atoms with van der Waals surface area (Å²) in [4.78, 5) is 0.207. The molecule has 0 radical (unpaired) electrons. The molecule has 1 saturated heterocycles. The van der Waals surface area contributed by atoms with Crippen molar-refractivity contribution < 1.29 is 17.9 Å². The van der Waals surface area contributed by atoms with E-state index in [1.165, 1.54) is 12.1 Å². The summed E-state index contributed by atoms with van der Waals surface area (Å²) < 4.78 is 38.8. The molecular formula is C19H22ClNO4S. The summed E-state index contributed by atoms with van der Waals surface area (Å²) in [6.45, 7) is 1.52. The Bertz CT molecular complexity index is 829. The molecule has 0 aliphatic carbocycles. The van der Waals surface area contributed by atoms with Gasteiger partial charge in [-0.2, -0.15) is 0 Å². The Kier molecular flexibility index (Phi) is 5.87. The van der Waals surface area contributed by atoms with Crippen molar-refractivity contribution in [2.24, 2.45) is 0 Å². The zero-order chi connectivity index (χ0) is 18.6. The van der Waals surface area contributed by atoms with Crippen LogP contribution < -0.4 is 9.46 Å². The van der Waals surface area contributed by atoms with Gasteiger partial charge in [0.2, 0.25) is 10.0 Å². The van der Waals surface area contributed by atoms with Crippen LogP contribution in [0.5, 0.6) is 5.75 Å². The van der Waals surface area contributed by atoms with Crippen molar-refractivity contribution in [2.75, 3.05) is 26.9 Å². The molecule has 1 aliphatic heterocycles. The Morgan fingerprint density at radius 3 is 2.27 bits per heavy atom. The summed E-state index contributed by atoms with van der Waals surface area (Å²) in [5.41, 5.74) is 0.782. The second-order valence-corrected chi connectivity index (χ2v) is 8.60. The predicted octanol–water partition coefficient (Wildman–Crippen LogP) is 3.38. The van der Waals surface area contributed by atoms with Crippen LogP contribution in [0.3, 0.4) is 0 Å². The van der Waals surface area contributed by atoms with Gasteiger partial charge in [0.15, 0.2) is 0 Å². The van der Waals surface area contributed by atoms with Crippen LogP contribution in [0.1, 0.15) is 18.4 Å². The van der Waals surface area contributed by atoms with Crippen molar-refractivity contribution in [3.63, 3.8) is 0 Å². The van der Waals surface area contributed by atoms with Gasteiger partial charge in [-0.1, -0.05) is 23.7 Å². The standard InChI is InChI=1S/C19H22ClNO4S/c1-24-17-6-2-15(3-7-17)19(10-12-25-13-11-19)14-21-26(22,23)18-8-4-16(20)5-9-18/h2-9,21H,10-14H2,1H3.